The average molecular weight is 342 g/mol. The highest BCUT2D eigenvalue weighted by atomic mass is 32.2. The second-order valence-corrected chi connectivity index (χ2v) is 5.55. The molecule has 0 aliphatic rings. The van der Waals surface area contributed by atoms with E-state index in [4.69, 9.17) is 4.74 Å². The third-order valence-electron chi connectivity index (χ3n) is 2.93. The van der Waals surface area contributed by atoms with Crippen LogP contribution in [0.2, 0.25) is 0 Å². The fourth-order valence-electron chi connectivity index (χ4n) is 1.83. The van der Waals surface area contributed by atoms with Crippen molar-refractivity contribution in [1.82, 2.24) is 29.7 Å². The Balaban J connectivity index is 1.48. The summed E-state index contributed by atoms with van der Waals surface area (Å²) >= 11 is 1.23. The predicted octanol–water partition coefficient (Wildman–Crippen LogP) is 1.47. The number of pyridine rings is 1. The van der Waals surface area contributed by atoms with Crippen LogP contribution in [-0.4, -0.2) is 48.0 Å². The highest BCUT2D eigenvalue weighted by Gasteiger charge is 2.08. The van der Waals surface area contributed by atoms with E-state index in [0.29, 0.717) is 17.4 Å². The standard InChI is InChI=1S/C15H14N6O2S/c22-14(23-8-7-21-11-16-10-19-21)9-24-15-18-6-4-13(20-15)12-3-1-2-5-17-12/h1-6,10-11H,7-9H2. The lowest BCUT2D eigenvalue weighted by Crippen LogP contribution is -2.13. The quantitative estimate of drug-likeness (QED) is 0.362. The molecule has 0 saturated heterocycles. The summed E-state index contributed by atoms with van der Waals surface area (Å²) in [5.41, 5.74) is 1.48. The van der Waals surface area contributed by atoms with Crippen LogP contribution in [0.15, 0.2) is 54.5 Å². The Bertz CT molecular complexity index is 782. The third kappa shape index (κ3) is 4.59. The van der Waals surface area contributed by atoms with Crippen LogP contribution in [0.1, 0.15) is 0 Å². The van der Waals surface area contributed by atoms with E-state index in [2.05, 4.69) is 25.0 Å². The van der Waals surface area contributed by atoms with Gasteiger partial charge in [-0.05, 0) is 18.2 Å². The largest absolute Gasteiger partial charge is 0.463 e. The molecule has 0 saturated carbocycles. The number of ether oxygens (including phenoxy) is 1. The van der Waals surface area contributed by atoms with Crippen LogP contribution >= 0.6 is 11.8 Å². The van der Waals surface area contributed by atoms with Crippen LogP contribution in [-0.2, 0) is 16.1 Å². The van der Waals surface area contributed by atoms with Gasteiger partial charge in [0.25, 0.3) is 0 Å². The topological polar surface area (TPSA) is 95.7 Å². The molecule has 0 fully saturated rings. The summed E-state index contributed by atoms with van der Waals surface area (Å²) in [6, 6.07) is 7.39. The van der Waals surface area contributed by atoms with Crippen LogP contribution in [0.25, 0.3) is 11.4 Å². The normalized spacial score (nSPS) is 10.5. The summed E-state index contributed by atoms with van der Waals surface area (Å²) in [6.45, 7) is 0.722. The van der Waals surface area contributed by atoms with Gasteiger partial charge in [-0.3, -0.25) is 9.78 Å². The molecule has 0 radical (unpaired) electrons. The molecule has 24 heavy (non-hydrogen) atoms. The molecule has 0 aliphatic heterocycles. The second-order valence-electron chi connectivity index (χ2n) is 4.61. The van der Waals surface area contributed by atoms with Crippen molar-refractivity contribution in [2.45, 2.75) is 11.7 Å². The Hall–Kier alpha value is -2.81. The van der Waals surface area contributed by atoms with Gasteiger partial charge in [0, 0.05) is 12.4 Å². The number of carbonyl (C=O) groups is 1. The van der Waals surface area contributed by atoms with Gasteiger partial charge in [-0.15, -0.1) is 0 Å². The van der Waals surface area contributed by atoms with Crippen molar-refractivity contribution in [1.29, 1.82) is 0 Å². The van der Waals surface area contributed by atoms with Crippen molar-refractivity contribution < 1.29 is 9.53 Å². The smallest absolute Gasteiger partial charge is 0.316 e. The highest BCUT2D eigenvalue weighted by Crippen LogP contribution is 2.18. The van der Waals surface area contributed by atoms with E-state index in [9.17, 15) is 4.79 Å². The lowest BCUT2D eigenvalue weighted by Gasteiger charge is -2.05. The first-order valence-electron chi connectivity index (χ1n) is 7.16. The molecule has 0 aliphatic carbocycles. The second kappa shape index (κ2) is 8.16. The third-order valence-corrected chi connectivity index (χ3v) is 3.76. The maximum absolute atomic E-state index is 11.7. The SMILES string of the molecule is O=C(CSc1nccc(-c2ccccn2)n1)OCCn1cncn1. The lowest BCUT2D eigenvalue weighted by atomic mass is 10.3. The zero-order valence-electron chi connectivity index (χ0n) is 12.6. The molecule has 122 valence electrons. The Morgan fingerprint density at radius 3 is 2.92 bits per heavy atom. The van der Waals surface area contributed by atoms with Gasteiger partial charge in [0.05, 0.1) is 23.7 Å². The lowest BCUT2D eigenvalue weighted by molar-refractivity contribution is -0.140. The summed E-state index contributed by atoms with van der Waals surface area (Å²) in [5, 5.41) is 4.43. The van der Waals surface area contributed by atoms with E-state index in [1.807, 2.05) is 18.2 Å². The van der Waals surface area contributed by atoms with Gasteiger partial charge in [0.15, 0.2) is 5.16 Å². The summed E-state index contributed by atoms with van der Waals surface area (Å²) in [4.78, 5) is 28.4. The van der Waals surface area contributed by atoms with Crippen LogP contribution < -0.4 is 0 Å². The van der Waals surface area contributed by atoms with Crippen molar-refractivity contribution in [3.05, 3.63) is 49.3 Å². The van der Waals surface area contributed by atoms with Crippen LogP contribution in [0.5, 0.6) is 0 Å². The molecule has 0 spiro atoms. The molecule has 9 heteroatoms. The van der Waals surface area contributed by atoms with Crippen LogP contribution in [0, 0.1) is 0 Å². The zero-order chi connectivity index (χ0) is 16.6. The fraction of sp³-hybridized carbons (Fsp3) is 0.200. The van der Waals surface area contributed by atoms with Crippen molar-refractivity contribution in [3.8, 4) is 11.4 Å². The van der Waals surface area contributed by atoms with E-state index < -0.39 is 0 Å². The molecule has 0 aromatic carbocycles. The van der Waals surface area contributed by atoms with Gasteiger partial charge in [-0.1, -0.05) is 17.8 Å². The number of aromatic nitrogens is 6. The number of rotatable bonds is 7. The Morgan fingerprint density at radius 2 is 2.12 bits per heavy atom. The number of hydrogen-bond acceptors (Lipinski definition) is 8. The van der Waals surface area contributed by atoms with Crippen molar-refractivity contribution in [3.63, 3.8) is 0 Å². The average Bonchev–Trinajstić information content (AvgIpc) is 3.14. The van der Waals surface area contributed by atoms with E-state index in [1.54, 1.807) is 29.5 Å². The van der Waals surface area contributed by atoms with Crippen LogP contribution in [0.4, 0.5) is 0 Å². The van der Waals surface area contributed by atoms with Gasteiger partial charge in [0.1, 0.15) is 19.3 Å². The number of thioether (sulfide) groups is 1. The molecule has 3 heterocycles. The molecule has 3 aromatic heterocycles. The Morgan fingerprint density at radius 1 is 1.17 bits per heavy atom. The summed E-state index contributed by atoms with van der Waals surface area (Å²) in [7, 11) is 0. The van der Waals surface area contributed by atoms with Crippen molar-refractivity contribution >= 4 is 17.7 Å². The molecule has 0 unspecified atom stereocenters. The minimum Gasteiger partial charge on any atom is -0.463 e. The first-order valence-corrected chi connectivity index (χ1v) is 8.15. The fourth-order valence-corrected chi connectivity index (χ4v) is 2.46. The Kier molecular flexibility index (Phi) is 5.46. The maximum Gasteiger partial charge on any atom is 0.316 e. The molecular formula is C15H14N6O2S. The number of esters is 1. The van der Waals surface area contributed by atoms with Gasteiger partial charge in [-0.25, -0.2) is 19.6 Å². The van der Waals surface area contributed by atoms with Gasteiger partial charge in [-0.2, -0.15) is 5.10 Å². The maximum atomic E-state index is 11.7. The molecule has 0 amide bonds. The number of carbonyl (C=O) groups excluding carboxylic acids is 1. The van der Waals surface area contributed by atoms with Crippen molar-refractivity contribution in [2.75, 3.05) is 12.4 Å². The molecule has 0 bridgehead atoms. The molecule has 3 rings (SSSR count). The van der Waals surface area contributed by atoms with Gasteiger partial charge in [0.2, 0.25) is 0 Å². The van der Waals surface area contributed by atoms with E-state index in [-0.39, 0.29) is 18.3 Å². The highest BCUT2D eigenvalue weighted by molar-refractivity contribution is 7.99. The first-order chi connectivity index (χ1) is 11.8. The van der Waals surface area contributed by atoms with Crippen LogP contribution in [0.3, 0.4) is 0 Å². The number of nitrogens with zero attached hydrogens (tertiary/aromatic N) is 6. The molecule has 0 atom stereocenters. The molecule has 3 aromatic rings. The number of hydrogen-bond donors (Lipinski definition) is 0. The van der Waals surface area contributed by atoms with Gasteiger partial charge >= 0.3 is 5.97 Å². The van der Waals surface area contributed by atoms with Crippen molar-refractivity contribution in [2.24, 2.45) is 0 Å². The summed E-state index contributed by atoms with van der Waals surface area (Å²) < 4.78 is 6.73. The molecule has 8 nitrogen and oxygen atoms in total. The summed E-state index contributed by atoms with van der Waals surface area (Å²) in [6.07, 6.45) is 6.36. The van der Waals surface area contributed by atoms with E-state index in [0.717, 1.165) is 5.69 Å². The minimum absolute atomic E-state index is 0.142. The monoisotopic (exact) mass is 342 g/mol. The first kappa shape index (κ1) is 16.1. The predicted molar refractivity (Wildman–Crippen MR) is 87.0 cm³/mol. The van der Waals surface area contributed by atoms with E-state index in [1.165, 1.54) is 18.1 Å². The molecular weight excluding hydrogens is 328 g/mol. The van der Waals surface area contributed by atoms with Gasteiger partial charge < -0.3 is 4.74 Å². The minimum atomic E-state index is -0.327. The summed E-state index contributed by atoms with van der Waals surface area (Å²) in [5.74, 6) is -0.185. The molecule has 0 N–H and O–H groups in total. The van der Waals surface area contributed by atoms with E-state index >= 15 is 0 Å². The Labute approximate surface area is 142 Å². The zero-order valence-corrected chi connectivity index (χ0v) is 13.5.